The fraction of sp³-hybridized carbons (Fsp3) is 0.714. The smallest absolute Gasteiger partial charge is 0.194 e. The van der Waals surface area contributed by atoms with Crippen LogP contribution in [-0.4, -0.2) is 57.3 Å². The second kappa shape index (κ2) is 7.02. The van der Waals surface area contributed by atoms with E-state index in [-0.39, 0.29) is 0 Å². The summed E-state index contributed by atoms with van der Waals surface area (Å²) in [6, 6.07) is 1.94. The highest BCUT2D eigenvalue weighted by atomic mass is 32.2. The Labute approximate surface area is 125 Å². The summed E-state index contributed by atoms with van der Waals surface area (Å²) in [5.41, 5.74) is 0. The van der Waals surface area contributed by atoms with Crippen LogP contribution in [0.4, 0.5) is 0 Å². The SMILES string of the molecule is CCNC(=NCCn1cccn1)N1CCSC(C)(C)C1. The number of aliphatic imine (C=N–C) groups is 1. The molecule has 1 saturated heterocycles. The molecule has 5 nitrogen and oxygen atoms in total. The summed E-state index contributed by atoms with van der Waals surface area (Å²) in [5, 5.41) is 7.61. The maximum Gasteiger partial charge on any atom is 0.194 e. The van der Waals surface area contributed by atoms with Crippen molar-refractivity contribution in [3.05, 3.63) is 18.5 Å². The third kappa shape index (κ3) is 4.44. The van der Waals surface area contributed by atoms with Crippen molar-refractivity contribution in [1.29, 1.82) is 0 Å². The number of guanidine groups is 1. The van der Waals surface area contributed by atoms with Crippen molar-refractivity contribution in [2.45, 2.75) is 32.1 Å². The fourth-order valence-corrected chi connectivity index (χ4v) is 3.43. The molecule has 0 aromatic carbocycles. The molecule has 0 aliphatic carbocycles. The van der Waals surface area contributed by atoms with Crippen molar-refractivity contribution < 1.29 is 0 Å². The third-order valence-corrected chi connectivity index (χ3v) is 4.51. The molecule has 0 radical (unpaired) electrons. The molecule has 112 valence electrons. The van der Waals surface area contributed by atoms with Crippen LogP contribution in [0, 0.1) is 0 Å². The zero-order valence-corrected chi connectivity index (χ0v) is 13.5. The molecule has 2 heterocycles. The lowest BCUT2D eigenvalue weighted by molar-refractivity contribution is 0.375. The molecule has 1 fully saturated rings. The lowest BCUT2D eigenvalue weighted by Gasteiger charge is -2.39. The average Bonchev–Trinajstić information content (AvgIpc) is 2.90. The molecule has 0 unspecified atom stereocenters. The summed E-state index contributed by atoms with van der Waals surface area (Å²) in [6.07, 6.45) is 3.78. The molecule has 0 bridgehead atoms. The van der Waals surface area contributed by atoms with E-state index in [2.05, 4.69) is 36.1 Å². The number of hydrogen-bond donors (Lipinski definition) is 1. The van der Waals surface area contributed by atoms with Crippen molar-refractivity contribution in [3.63, 3.8) is 0 Å². The van der Waals surface area contributed by atoms with Gasteiger partial charge >= 0.3 is 0 Å². The Morgan fingerprint density at radius 3 is 3.00 bits per heavy atom. The van der Waals surface area contributed by atoms with Crippen LogP contribution in [0.3, 0.4) is 0 Å². The molecule has 2 rings (SSSR count). The molecule has 0 saturated carbocycles. The molecule has 1 aliphatic rings. The van der Waals surface area contributed by atoms with Gasteiger partial charge in [-0.2, -0.15) is 16.9 Å². The van der Waals surface area contributed by atoms with Crippen molar-refractivity contribution in [2.24, 2.45) is 4.99 Å². The lowest BCUT2D eigenvalue weighted by atomic mass is 10.2. The topological polar surface area (TPSA) is 45.5 Å². The minimum atomic E-state index is 0.302. The van der Waals surface area contributed by atoms with Crippen LogP contribution in [-0.2, 0) is 6.54 Å². The normalized spacial score (nSPS) is 19.1. The first kappa shape index (κ1) is 15.2. The van der Waals surface area contributed by atoms with E-state index in [9.17, 15) is 0 Å². The quantitative estimate of drug-likeness (QED) is 0.678. The highest BCUT2D eigenvalue weighted by Crippen LogP contribution is 2.29. The zero-order chi connectivity index (χ0) is 14.4. The lowest BCUT2D eigenvalue weighted by Crippen LogP contribution is -2.51. The van der Waals surface area contributed by atoms with Crippen LogP contribution in [0.25, 0.3) is 0 Å². The van der Waals surface area contributed by atoms with E-state index in [1.807, 2.05) is 28.7 Å². The van der Waals surface area contributed by atoms with Gasteiger partial charge in [0.15, 0.2) is 5.96 Å². The Hall–Kier alpha value is -1.17. The van der Waals surface area contributed by atoms with Crippen molar-refractivity contribution in [2.75, 3.05) is 31.9 Å². The third-order valence-electron chi connectivity index (χ3n) is 3.21. The Morgan fingerprint density at radius 2 is 2.35 bits per heavy atom. The van der Waals surface area contributed by atoms with Gasteiger partial charge in [-0.15, -0.1) is 0 Å². The Bertz CT molecular complexity index is 427. The maximum atomic E-state index is 4.74. The predicted octanol–water partition coefficient (Wildman–Crippen LogP) is 1.68. The second-order valence-electron chi connectivity index (χ2n) is 5.53. The summed E-state index contributed by atoms with van der Waals surface area (Å²) in [4.78, 5) is 7.12. The average molecular weight is 295 g/mol. The number of nitrogens with zero attached hydrogens (tertiary/aromatic N) is 4. The molecule has 0 atom stereocenters. The van der Waals surface area contributed by atoms with Crippen LogP contribution < -0.4 is 5.32 Å². The van der Waals surface area contributed by atoms with E-state index in [0.717, 1.165) is 44.4 Å². The fourth-order valence-electron chi connectivity index (χ4n) is 2.31. The van der Waals surface area contributed by atoms with E-state index >= 15 is 0 Å². The minimum Gasteiger partial charge on any atom is -0.357 e. The van der Waals surface area contributed by atoms with Crippen LogP contribution in [0.1, 0.15) is 20.8 Å². The highest BCUT2D eigenvalue weighted by Gasteiger charge is 2.28. The Morgan fingerprint density at radius 1 is 1.50 bits per heavy atom. The molecule has 0 spiro atoms. The molecule has 0 amide bonds. The van der Waals surface area contributed by atoms with Crippen LogP contribution in [0.5, 0.6) is 0 Å². The van der Waals surface area contributed by atoms with Gasteiger partial charge in [-0.3, -0.25) is 9.67 Å². The van der Waals surface area contributed by atoms with E-state index in [1.165, 1.54) is 0 Å². The summed E-state index contributed by atoms with van der Waals surface area (Å²) >= 11 is 2.04. The van der Waals surface area contributed by atoms with E-state index in [0.29, 0.717) is 4.75 Å². The predicted molar refractivity (Wildman–Crippen MR) is 86.3 cm³/mol. The summed E-state index contributed by atoms with van der Waals surface area (Å²) < 4.78 is 2.22. The van der Waals surface area contributed by atoms with Crippen molar-refractivity contribution in [3.8, 4) is 0 Å². The number of aromatic nitrogens is 2. The van der Waals surface area contributed by atoms with Crippen LogP contribution >= 0.6 is 11.8 Å². The Balaban J connectivity index is 1.94. The molecule has 20 heavy (non-hydrogen) atoms. The first-order chi connectivity index (χ1) is 9.61. The van der Waals surface area contributed by atoms with Gasteiger partial charge in [0.05, 0.1) is 13.1 Å². The van der Waals surface area contributed by atoms with Gasteiger partial charge in [0.2, 0.25) is 0 Å². The zero-order valence-electron chi connectivity index (χ0n) is 12.7. The second-order valence-corrected chi connectivity index (χ2v) is 7.34. The largest absolute Gasteiger partial charge is 0.357 e. The minimum absolute atomic E-state index is 0.302. The molecule has 1 aromatic heterocycles. The number of thioether (sulfide) groups is 1. The van der Waals surface area contributed by atoms with Gasteiger partial charge < -0.3 is 10.2 Å². The van der Waals surface area contributed by atoms with E-state index < -0.39 is 0 Å². The van der Waals surface area contributed by atoms with Crippen molar-refractivity contribution in [1.82, 2.24) is 20.0 Å². The number of nitrogens with one attached hydrogen (secondary N) is 1. The van der Waals surface area contributed by atoms with Gasteiger partial charge in [0, 0.05) is 42.5 Å². The monoisotopic (exact) mass is 295 g/mol. The van der Waals surface area contributed by atoms with Gasteiger partial charge in [-0.25, -0.2) is 0 Å². The molecular weight excluding hydrogens is 270 g/mol. The molecule has 1 N–H and O–H groups in total. The first-order valence-corrected chi connectivity index (χ1v) is 8.24. The van der Waals surface area contributed by atoms with Crippen LogP contribution in [0.15, 0.2) is 23.5 Å². The molecule has 1 aliphatic heterocycles. The van der Waals surface area contributed by atoms with Gasteiger partial charge in [-0.05, 0) is 26.8 Å². The standard InChI is InChI=1S/C14H25N5S/c1-4-15-13(16-7-9-19-8-5-6-17-19)18-10-11-20-14(2,3)12-18/h5-6,8H,4,7,9-12H2,1-3H3,(H,15,16). The van der Waals surface area contributed by atoms with Crippen molar-refractivity contribution >= 4 is 17.7 Å². The first-order valence-electron chi connectivity index (χ1n) is 7.25. The van der Waals surface area contributed by atoms with Gasteiger partial charge in [0.1, 0.15) is 0 Å². The summed E-state index contributed by atoms with van der Waals surface area (Å²) in [7, 11) is 0. The summed E-state index contributed by atoms with van der Waals surface area (Å²) in [6.45, 7) is 11.3. The highest BCUT2D eigenvalue weighted by molar-refractivity contribution is 8.00. The van der Waals surface area contributed by atoms with E-state index in [4.69, 9.17) is 4.99 Å². The number of hydrogen-bond acceptors (Lipinski definition) is 3. The molecule has 1 aromatic rings. The molecule has 6 heteroatoms. The van der Waals surface area contributed by atoms with E-state index in [1.54, 1.807) is 6.20 Å². The maximum absolute atomic E-state index is 4.74. The summed E-state index contributed by atoms with van der Waals surface area (Å²) in [5.74, 6) is 2.20. The molecular formula is C14H25N5S. The van der Waals surface area contributed by atoms with Gasteiger partial charge in [-0.1, -0.05) is 0 Å². The Kier molecular flexibility index (Phi) is 5.34. The van der Waals surface area contributed by atoms with Crippen LogP contribution in [0.2, 0.25) is 0 Å². The van der Waals surface area contributed by atoms with Gasteiger partial charge in [0.25, 0.3) is 0 Å². The number of rotatable bonds is 4.